The van der Waals surface area contributed by atoms with E-state index in [1.54, 1.807) is 10.9 Å². The zero-order valence-corrected chi connectivity index (χ0v) is 11.6. The molecule has 0 bridgehead atoms. The highest BCUT2D eigenvalue weighted by molar-refractivity contribution is 5.30. The summed E-state index contributed by atoms with van der Waals surface area (Å²) in [5.74, 6) is 0. The number of rotatable bonds is 5. The van der Waals surface area contributed by atoms with Crippen molar-refractivity contribution in [2.24, 2.45) is 0 Å². The SMILES string of the molecule is Nc1cnn(CC(O)CN2CCN(CC(F)(F)F)CC2)c1. The van der Waals surface area contributed by atoms with Crippen LogP contribution < -0.4 is 5.73 Å². The number of hydrogen-bond donors (Lipinski definition) is 2. The third-order valence-electron chi connectivity index (χ3n) is 3.39. The molecule has 6 nitrogen and oxygen atoms in total. The minimum Gasteiger partial charge on any atom is -0.396 e. The fourth-order valence-electron chi connectivity index (χ4n) is 2.43. The van der Waals surface area contributed by atoms with Gasteiger partial charge in [0.1, 0.15) is 0 Å². The molecule has 0 aromatic carbocycles. The van der Waals surface area contributed by atoms with Crippen molar-refractivity contribution in [2.45, 2.75) is 18.8 Å². The minimum atomic E-state index is -4.15. The molecule has 0 aliphatic carbocycles. The van der Waals surface area contributed by atoms with E-state index in [0.717, 1.165) is 0 Å². The lowest BCUT2D eigenvalue weighted by Gasteiger charge is -2.35. The topological polar surface area (TPSA) is 70.5 Å². The minimum absolute atomic E-state index is 0.319. The van der Waals surface area contributed by atoms with Gasteiger partial charge in [0.15, 0.2) is 0 Å². The normalized spacial score (nSPS) is 19.8. The Labute approximate surface area is 120 Å². The van der Waals surface area contributed by atoms with Crippen LogP contribution in [-0.4, -0.2) is 76.2 Å². The van der Waals surface area contributed by atoms with Crippen molar-refractivity contribution in [3.63, 3.8) is 0 Å². The fourth-order valence-corrected chi connectivity index (χ4v) is 2.43. The van der Waals surface area contributed by atoms with Gasteiger partial charge in [0.25, 0.3) is 0 Å². The monoisotopic (exact) mass is 307 g/mol. The van der Waals surface area contributed by atoms with Crippen molar-refractivity contribution in [1.82, 2.24) is 19.6 Å². The van der Waals surface area contributed by atoms with Gasteiger partial charge in [-0.1, -0.05) is 0 Å². The lowest BCUT2D eigenvalue weighted by atomic mass is 10.2. The van der Waals surface area contributed by atoms with Crippen molar-refractivity contribution >= 4 is 5.69 Å². The van der Waals surface area contributed by atoms with E-state index in [9.17, 15) is 18.3 Å². The third-order valence-corrected chi connectivity index (χ3v) is 3.39. The van der Waals surface area contributed by atoms with Gasteiger partial charge in [-0.2, -0.15) is 18.3 Å². The molecule has 9 heteroatoms. The highest BCUT2D eigenvalue weighted by Gasteiger charge is 2.32. The molecule has 2 heterocycles. The summed E-state index contributed by atoms with van der Waals surface area (Å²) in [7, 11) is 0. The Hall–Kier alpha value is -1.32. The molecule has 1 aromatic heterocycles. The Kier molecular flexibility index (Phi) is 5.07. The van der Waals surface area contributed by atoms with E-state index in [4.69, 9.17) is 5.73 Å². The molecule has 0 radical (unpaired) electrons. The second kappa shape index (κ2) is 6.63. The van der Waals surface area contributed by atoms with Crippen LogP contribution in [0.5, 0.6) is 0 Å². The first-order valence-corrected chi connectivity index (χ1v) is 6.79. The maximum absolute atomic E-state index is 12.3. The third kappa shape index (κ3) is 5.52. The van der Waals surface area contributed by atoms with Crippen LogP contribution in [0.2, 0.25) is 0 Å². The molecular weight excluding hydrogens is 287 g/mol. The second-order valence-corrected chi connectivity index (χ2v) is 5.34. The summed E-state index contributed by atoms with van der Waals surface area (Å²) in [6, 6.07) is 0. The Bertz CT molecular complexity index is 442. The van der Waals surface area contributed by atoms with Crippen molar-refractivity contribution in [1.29, 1.82) is 0 Å². The van der Waals surface area contributed by atoms with Crippen LogP contribution in [0.25, 0.3) is 0 Å². The van der Waals surface area contributed by atoms with Gasteiger partial charge in [-0.25, -0.2) is 0 Å². The van der Waals surface area contributed by atoms with E-state index in [0.29, 0.717) is 45.0 Å². The van der Waals surface area contributed by atoms with E-state index in [-0.39, 0.29) is 0 Å². The molecule has 1 aromatic rings. The smallest absolute Gasteiger partial charge is 0.396 e. The summed E-state index contributed by atoms with van der Waals surface area (Å²) in [5, 5.41) is 14.0. The van der Waals surface area contributed by atoms with Gasteiger partial charge < -0.3 is 10.8 Å². The maximum Gasteiger partial charge on any atom is 0.401 e. The molecule has 0 saturated carbocycles. The van der Waals surface area contributed by atoms with Gasteiger partial charge in [-0.3, -0.25) is 14.5 Å². The number of piperazine rings is 1. The van der Waals surface area contributed by atoms with E-state index in [2.05, 4.69) is 5.10 Å². The van der Waals surface area contributed by atoms with Crippen LogP contribution in [0.3, 0.4) is 0 Å². The summed E-state index contributed by atoms with van der Waals surface area (Å²) in [5.41, 5.74) is 6.06. The largest absolute Gasteiger partial charge is 0.401 e. The highest BCUT2D eigenvalue weighted by Crippen LogP contribution is 2.17. The molecule has 1 saturated heterocycles. The molecule has 3 N–H and O–H groups in total. The molecule has 2 rings (SSSR count). The number of aromatic nitrogens is 2. The molecule has 1 unspecified atom stereocenters. The van der Waals surface area contributed by atoms with Crippen molar-refractivity contribution in [3.8, 4) is 0 Å². The quantitative estimate of drug-likeness (QED) is 0.802. The second-order valence-electron chi connectivity index (χ2n) is 5.34. The Morgan fingerprint density at radius 2 is 1.81 bits per heavy atom. The van der Waals surface area contributed by atoms with E-state index in [1.165, 1.54) is 11.1 Å². The van der Waals surface area contributed by atoms with Crippen LogP contribution in [0.1, 0.15) is 0 Å². The first-order chi connectivity index (χ1) is 9.82. The summed E-state index contributed by atoms with van der Waals surface area (Å²) in [6.07, 6.45) is -1.65. The van der Waals surface area contributed by atoms with Gasteiger partial charge in [0.2, 0.25) is 0 Å². The lowest BCUT2D eigenvalue weighted by molar-refractivity contribution is -0.149. The van der Waals surface area contributed by atoms with E-state index < -0.39 is 18.8 Å². The Morgan fingerprint density at radius 3 is 2.33 bits per heavy atom. The molecule has 0 spiro atoms. The van der Waals surface area contributed by atoms with Gasteiger partial charge >= 0.3 is 6.18 Å². The number of β-amino-alcohol motifs (C(OH)–C–C–N with tert-alkyl or cyclic N) is 1. The first kappa shape index (κ1) is 16.1. The van der Waals surface area contributed by atoms with E-state index >= 15 is 0 Å². The number of halogens is 3. The molecule has 21 heavy (non-hydrogen) atoms. The first-order valence-electron chi connectivity index (χ1n) is 6.79. The summed E-state index contributed by atoms with van der Waals surface area (Å²) in [6.45, 7) is 1.64. The highest BCUT2D eigenvalue weighted by atomic mass is 19.4. The Morgan fingerprint density at radius 1 is 1.19 bits per heavy atom. The van der Waals surface area contributed by atoms with Crippen molar-refractivity contribution < 1.29 is 18.3 Å². The molecular formula is C12H20F3N5O. The summed E-state index contributed by atoms with van der Waals surface area (Å²) in [4.78, 5) is 3.35. The molecule has 1 fully saturated rings. The number of nitrogen functional groups attached to an aromatic ring is 1. The maximum atomic E-state index is 12.3. The van der Waals surface area contributed by atoms with Gasteiger partial charge in [0, 0.05) is 38.9 Å². The molecule has 0 amide bonds. The fraction of sp³-hybridized carbons (Fsp3) is 0.750. The van der Waals surface area contributed by atoms with Crippen LogP contribution >= 0.6 is 0 Å². The number of anilines is 1. The van der Waals surface area contributed by atoms with Crippen molar-refractivity contribution in [3.05, 3.63) is 12.4 Å². The van der Waals surface area contributed by atoms with E-state index in [1.807, 2.05) is 4.90 Å². The number of nitrogens with zero attached hydrogens (tertiary/aromatic N) is 4. The number of alkyl halides is 3. The summed E-state index contributed by atoms with van der Waals surface area (Å²) >= 11 is 0. The Balaban J connectivity index is 1.70. The standard InChI is InChI=1S/C12H20F3N5O/c13-12(14,15)9-19-3-1-18(2-4-19)7-11(21)8-20-6-10(16)5-17-20/h5-6,11,21H,1-4,7-9,16H2. The molecule has 1 atom stereocenters. The average molecular weight is 307 g/mol. The van der Waals surface area contributed by atoms with Crippen LogP contribution in [0.15, 0.2) is 12.4 Å². The lowest BCUT2D eigenvalue weighted by Crippen LogP contribution is -2.51. The number of aliphatic hydroxyl groups is 1. The summed E-state index contributed by atoms with van der Waals surface area (Å²) < 4.78 is 38.4. The van der Waals surface area contributed by atoms with Gasteiger partial charge in [-0.05, 0) is 0 Å². The van der Waals surface area contributed by atoms with Crippen LogP contribution in [-0.2, 0) is 6.54 Å². The number of aliphatic hydroxyl groups excluding tert-OH is 1. The predicted octanol–water partition coefficient (Wildman–Crippen LogP) is 0.00610. The van der Waals surface area contributed by atoms with Crippen molar-refractivity contribution in [2.75, 3.05) is 45.0 Å². The average Bonchev–Trinajstić information content (AvgIpc) is 2.75. The molecule has 1 aliphatic rings. The predicted molar refractivity (Wildman–Crippen MR) is 71.6 cm³/mol. The zero-order valence-electron chi connectivity index (χ0n) is 11.6. The van der Waals surface area contributed by atoms with Gasteiger partial charge in [0.05, 0.1) is 31.1 Å². The van der Waals surface area contributed by atoms with Gasteiger partial charge in [-0.15, -0.1) is 0 Å². The number of hydrogen-bond acceptors (Lipinski definition) is 5. The zero-order chi connectivity index (χ0) is 15.5. The number of nitrogens with two attached hydrogens (primary N) is 1. The van der Waals surface area contributed by atoms with Crippen LogP contribution in [0, 0.1) is 0 Å². The molecule has 120 valence electrons. The van der Waals surface area contributed by atoms with Crippen LogP contribution in [0.4, 0.5) is 18.9 Å². The molecule has 1 aliphatic heterocycles.